The minimum absolute atomic E-state index is 0.167. The van der Waals surface area contributed by atoms with Crippen LogP contribution in [0.15, 0.2) is 18.2 Å². The van der Waals surface area contributed by atoms with Gasteiger partial charge in [-0.2, -0.15) is 5.26 Å². The van der Waals surface area contributed by atoms with Crippen molar-refractivity contribution in [1.82, 2.24) is 0 Å². The van der Waals surface area contributed by atoms with Crippen molar-refractivity contribution in [3.63, 3.8) is 0 Å². The highest BCUT2D eigenvalue weighted by Gasteiger charge is 2.35. The minimum Gasteiger partial charge on any atom is -0.206 e. The molecule has 130 valence electrons. The van der Waals surface area contributed by atoms with Gasteiger partial charge in [-0.1, -0.05) is 45.1 Å². The fourth-order valence-corrected chi connectivity index (χ4v) is 5.11. The molecule has 3 rings (SSSR count). The summed E-state index contributed by atoms with van der Waals surface area (Å²) in [7, 11) is 0. The molecule has 1 nitrogen and oxygen atoms in total. The van der Waals surface area contributed by atoms with Gasteiger partial charge in [0.15, 0.2) is 0 Å². The van der Waals surface area contributed by atoms with Gasteiger partial charge < -0.3 is 0 Å². The van der Waals surface area contributed by atoms with E-state index in [-0.39, 0.29) is 11.4 Å². The summed E-state index contributed by atoms with van der Waals surface area (Å²) >= 11 is 0. The minimum atomic E-state index is -0.350. The first kappa shape index (κ1) is 17.5. The van der Waals surface area contributed by atoms with Crippen LogP contribution in [-0.4, -0.2) is 0 Å². The molecule has 2 aliphatic carbocycles. The third-order valence-electron chi connectivity index (χ3n) is 6.52. The molecule has 0 heterocycles. The molecule has 0 radical (unpaired) electrons. The lowest BCUT2D eigenvalue weighted by atomic mass is 9.63. The lowest BCUT2D eigenvalue weighted by molar-refractivity contribution is 0.113. The van der Waals surface area contributed by atoms with Crippen LogP contribution >= 0.6 is 0 Å². The van der Waals surface area contributed by atoms with Gasteiger partial charge in [0.25, 0.3) is 0 Å². The highest BCUT2D eigenvalue weighted by atomic mass is 19.1. The quantitative estimate of drug-likeness (QED) is 0.560. The SMILES string of the molecule is CCCCCC1CCC2CC(c3ccc(C#N)c(F)c3)CCC2C1. The number of hydrogen-bond acceptors (Lipinski definition) is 1. The van der Waals surface area contributed by atoms with Crippen molar-refractivity contribution in [2.75, 3.05) is 0 Å². The first-order valence-corrected chi connectivity index (χ1v) is 9.90. The van der Waals surface area contributed by atoms with E-state index in [0.29, 0.717) is 5.92 Å². The molecule has 0 N–H and O–H groups in total. The molecule has 0 amide bonds. The Bertz CT molecular complexity index is 588. The number of nitrogens with zero attached hydrogens (tertiary/aromatic N) is 1. The van der Waals surface area contributed by atoms with Crippen LogP contribution in [0.5, 0.6) is 0 Å². The average Bonchev–Trinajstić information content (AvgIpc) is 2.61. The third kappa shape index (κ3) is 4.00. The molecule has 1 aromatic carbocycles. The van der Waals surface area contributed by atoms with Gasteiger partial charge in [-0.25, -0.2) is 4.39 Å². The number of fused-ring (bicyclic) bond motifs is 1. The Morgan fingerprint density at radius 1 is 1.08 bits per heavy atom. The van der Waals surface area contributed by atoms with Crippen molar-refractivity contribution >= 4 is 0 Å². The van der Waals surface area contributed by atoms with Crippen LogP contribution in [-0.2, 0) is 0 Å². The predicted octanol–water partition coefficient (Wildman–Crippen LogP) is 6.58. The van der Waals surface area contributed by atoms with E-state index in [1.807, 2.05) is 12.1 Å². The first-order chi connectivity index (χ1) is 11.7. The zero-order valence-corrected chi connectivity index (χ0v) is 14.9. The highest BCUT2D eigenvalue weighted by molar-refractivity contribution is 5.35. The van der Waals surface area contributed by atoms with Crippen LogP contribution < -0.4 is 0 Å². The van der Waals surface area contributed by atoms with Crippen LogP contribution in [0.3, 0.4) is 0 Å². The maximum Gasteiger partial charge on any atom is 0.141 e. The maximum atomic E-state index is 13.9. The Kier molecular flexibility index (Phi) is 5.93. The summed E-state index contributed by atoms with van der Waals surface area (Å²) in [6.45, 7) is 2.28. The number of unbranched alkanes of at least 4 members (excludes halogenated alkanes) is 2. The number of nitriles is 1. The normalized spacial score (nSPS) is 29.7. The van der Waals surface area contributed by atoms with Crippen LogP contribution in [0.4, 0.5) is 4.39 Å². The largest absolute Gasteiger partial charge is 0.206 e. The second-order valence-electron chi connectivity index (χ2n) is 8.06. The summed E-state index contributed by atoms with van der Waals surface area (Å²) in [6.07, 6.45) is 13.5. The maximum absolute atomic E-state index is 13.9. The topological polar surface area (TPSA) is 23.8 Å². The number of rotatable bonds is 5. The molecular formula is C22H30FN. The van der Waals surface area contributed by atoms with Gasteiger partial charge in [0.05, 0.1) is 5.56 Å². The zero-order chi connectivity index (χ0) is 16.9. The second kappa shape index (κ2) is 8.15. The van der Waals surface area contributed by atoms with E-state index in [0.717, 1.165) is 23.3 Å². The number of hydrogen-bond donors (Lipinski definition) is 0. The molecule has 2 saturated carbocycles. The lowest BCUT2D eigenvalue weighted by Gasteiger charge is -2.42. The van der Waals surface area contributed by atoms with E-state index < -0.39 is 0 Å². The van der Waals surface area contributed by atoms with Gasteiger partial charge in [0.1, 0.15) is 11.9 Å². The monoisotopic (exact) mass is 327 g/mol. The van der Waals surface area contributed by atoms with E-state index >= 15 is 0 Å². The summed E-state index contributed by atoms with van der Waals surface area (Å²) in [4.78, 5) is 0. The van der Waals surface area contributed by atoms with E-state index in [4.69, 9.17) is 5.26 Å². The first-order valence-electron chi connectivity index (χ1n) is 9.90. The molecule has 2 aliphatic rings. The average molecular weight is 327 g/mol. The molecule has 24 heavy (non-hydrogen) atoms. The van der Waals surface area contributed by atoms with Crippen LogP contribution in [0, 0.1) is 34.9 Å². The molecule has 4 atom stereocenters. The number of benzene rings is 1. The smallest absolute Gasteiger partial charge is 0.141 e. The predicted molar refractivity (Wildman–Crippen MR) is 96.2 cm³/mol. The molecular weight excluding hydrogens is 297 g/mol. The molecule has 4 unspecified atom stereocenters. The van der Waals surface area contributed by atoms with E-state index in [1.165, 1.54) is 64.2 Å². The van der Waals surface area contributed by atoms with Crippen LogP contribution in [0.25, 0.3) is 0 Å². The molecule has 0 aromatic heterocycles. The Morgan fingerprint density at radius 3 is 2.62 bits per heavy atom. The van der Waals surface area contributed by atoms with Crippen molar-refractivity contribution in [1.29, 1.82) is 5.26 Å². The Labute approximate surface area is 146 Å². The molecule has 2 heteroatoms. The van der Waals surface area contributed by atoms with Crippen molar-refractivity contribution in [2.24, 2.45) is 17.8 Å². The van der Waals surface area contributed by atoms with Crippen molar-refractivity contribution in [3.05, 3.63) is 35.1 Å². The van der Waals surface area contributed by atoms with Crippen LogP contribution in [0.1, 0.15) is 88.2 Å². The number of halogens is 1. The Balaban J connectivity index is 1.56. The van der Waals surface area contributed by atoms with Crippen molar-refractivity contribution in [2.45, 2.75) is 77.0 Å². The summed E-state index contributed by atoms with van der Waals surface area (Å²) < 4.78 is 13.9. The second-order valence-corrected chi connectivity index (χ2v) is 8.06. The van der Waals surface area contributed by atoms with Gasteiger partial charge in [-0.3, -0.25) is 0 Å². The fourth-order valence-electron chi connectivity index (χ4n) is 5.11. The van der Waals surface area contributed by atoms with Crippen LogP contribution in [0.2, 0.25) is 0 Å². The molecule has 0 aliphatic heterocycles. The molecule has 0 saturated heterocycles. The molecule has 1 aromatic rings. The zero-order valence-electron chi connectivity index (χ0n) is 14.9. The fraction of sp³-hybridized carbons (Fsp3) is 0.682. The highest BCUT2D eigenvalue weighted by Crippen LogP contribution is 2.48. The summed E-state index contributed by atoms with van der Waals surface area (Å²) in [6, 6.07) is 7.16. The Hall–Kier alpha value is -1.36. The van der Waals surface area contributed by atoms with Gasteiger partial charge >= 0.3 is 0 Å². The summed E-state index contributed by atoms with van der Waals surface area (Å²) in [5.74, 6) is 2.85. The molecule has 2 fully saturated rings. The summed E-state index contributed by atoms with van der Waals surface area (Å²) in [5, 5.41) is 8.89. The third-order valence-corrected chi connectivity index (χ3v) is 6.52. The van der Waals surface area contributed by atoms with E-state index in [2.05, 4.69) is 6.92 Å². The molecule has 0 spiro atoms. The summed E-state index contributed by atoms with van der Waals surface area (Å²) in [5.41, 5.74) is 1.27. The van der Waals surface area contributed by atoms with Crippen molar-refractivity contribution in [3.8, 4) is 6.07 Å². The molecule has 0 bridgehead atoms. The van der Waals surface area contributed by atoms with E-state index in [9.17, 15) is 4.39 Å². The van der Waals surface area contributed by atoms with E-state index in [1.54, 1.807) is 12.1 Å². The van der Waals surface area contributed by atoms with Gasteiger partial charge in [-0.15, -0.1) is 0 Å². The van der Waals surface area contributed by atoms with Gasteiger partial charge in [0.2, 0.25) is 0 Å². The Morgan fingerprint density at radius 2 is 1.88 bits per heavy atom. The lowest BCUT2D eigenvalue weighted by Crippen LogP contribution is -2.30. The van der Waals surface area contributed by atoms with Gasteiger partial charge in [-0.05, 0) is 73.5 Å². The van der Waals surface area contributed by atoms with Crippen molar-refractivity contribution < 1.29 is 4.39 Å². The standard InChI is InChI=1S/C22H30FN/c1-2-3-4-5-16-6-7-18-13-19(9-8-17(18)12-16)20-10-11-21(15-24)22(23)14-20/h10-11,14,16-19H,2-9,12-13H2,1H3. The van der Waals surface area contributed by atoms with Gasteiger partial charge in [0, 0.05) is 0 Å².